The molecule has 5 nitrogen and oxygen atoms in total. The average Bonchev–Trinajstić information content (AvgIpc) is 3.01. The van der Waals surface area contributed by atoms with E-state index in [1.54, 1.807) is 42.5 Å². The van der Waals surface area contributed by atoms with Gasteiger partial charge in [-0.25, -0.2) is 4.39 Å². The molecule has 0 saturated carbocycles. The van der Waals surface area contributed by atoms with Crippen LogP contribution >= 0.6 is 0 Å². The van der Waals surface area contributed by atoms with Crippen LogP contribution in [0.3, 0.4) is 0 Å². The van der Waals surface area contributed by atoms with Gasteiger partial charge >= 0.3 is 12.4 Å². The zero-order valence-electron chi connectivity index (χ0n) is 24.3. The van der Waals surface area contributed by atoms with Gasteiger partial charge in [0.1, 0.15) is 18.2 Å². The lowest BCUT2D eigenvalue weighted by Gasteiger charge is -2.19. The minimum Gasteiger partial charge on any atom is -0.489 e. The van der Waals surface area contributed by atoms with Crippen LogP contribution in [-0.2, 0) is 30.2 Å². The van der Waals surface area contributed by atoms with Crippen LogP contribution in [0.4, 0.5) is 42.1 Å². The van der Waals surface area contributed by atoms with E-state index in [1.165, 1.54) is 24.3 Å². The molecule has 0 saturated heterocycles. The van der Waals surface area contributed by atoms with Crippen molar-refractivity contribution in [2.75, 3.05) is 11.1 Å². The van der Waals surface area contributed by atoms with Crippen LogP contribution in [0.1, 0.15) is 50.2 Å². The zero-order valence-corrected chi connectivity index (χ0v) is 24.3. The van der Waals surface area contributed by atoms with Gasteiger partial charge in [-0.15, -0.1) is 0 Å². The Balaban J connectivity index is 1.21. The van der Waals surface area contributed by atoms with Crippen molar-refractivity contribution in [3.63, 3.8) is 0 Å². The summed E-state index contributed by atoms with van der Waals surface area (Å²) in [5, 5.41) is 2.57. The molecule has 3 N–H and O–H groups in total. The van der Waals surface area contributed by atoms with Crippen LogP contribution in [0, 0.1) is 5.82 Å². The van der Waals surface area contributed by atoms with Gasteiger partial charge in [0.2, 0.25) is 5.91 Å². The predicted molar refractivity (Wildman–Crippen MR) is 163 cm³/mol. The number of Topliss-reactive ketones (excluding diaryl/α,β-unsaturated/α-hetero) is 1. The van der Waals surface area contributed by atoms with Crippen molar-refractivity contribution in [3.8, 4) is 5.75 Å². The van der Waals surface area contributed by atoms with Gasteiger partial charge in [0, 0.05) is 17.2 Å². The quantitative estimate of drug-likeness (QED) is 0.119. The zero-order chi connectivity index (χ0) is 33.9. The minimum absolute atomic E-state index is 0.0455. The summed E-state index contributed by atoms with van der Waals surface area (Å²) in [7, 11) is 0. The summed E-state index contributed by atoms with van der Waals surface area (Å²) in [6, 6.07) is 16.8. The van der Waals surface area contributed by atoms with E-state index in [0.29, 0.717) is 35.4 Å². The van der Waals surface area contributed by atoms with Crippen LogP contribution in [0.25, 0.3) is 12.2 Å². The number of anilines is 2. The largest absolute Gasteiger partial charge is 0.489 e. The Labute approximate surface area is 264 Å². The molecule has 0 aromatic heterocycles. The number of halogens is 7. The molecule has 4 aromatic carbocycles. The molecule has 0 spiro atoms. The van der Waals surface area contributed by atoms with E-state index in [1.807, 2.05) is 0 Å². The number of carbonyl (C=O) groups is 2. The lowest BCUT2D eigenvalue weighted by Crippen LogP contribution is -2.15. The SMILES string of the molecule is Nc1cc(F)ccc1NC(=O)/C=C/c1ccc(COc2ccc3c(c2)CC/C(=C\c2cc(C(F)(F)F)cc(C(F)(F)F)c2)C3=O)cc1. The van der Waals surface area contributed by atoms with E-state index in [9.17, 15) is 40.3 Å². The summed E-state index contributed by atoms with van der Waals surface area (Å²) >= 11 is 0. The van der Waals surface area contributed by atoms with Gasteiger partial charge in [0.15, 0.2) is 5.78 Å². The van der Waals surface area contributed by atoms with Crippen LogP contribution < -0.4 is 15.8 Å². The van der Waals surface area contributed by atoms with Crippen molar-refractivity contribution >= 4 is 35.2 Å². The second kappa shape index (κ2) is 13.1. The number of aryl methyl sites for hydroxylation is 1. The molecule has 5 rings (SSSR count). The van der Waals surface area contributed by atoms with Crippen LogP contribution in [0.15, 0.2) is 90.5 Å². The summed E-state index contributed by atoms with van der Waals surface area (Å²) in [6.45, 7) is 0.184. The number of nitrogen functional groups attached to an aromatic ring is 1. The molecule has 1 aliphatic rings. The highest BCUT2D eigenvalue weighted by molar-refractivity contribution is 6.13. The molecule has 1 aliphatic carbocycles. The van der Waals surface area contributed by atoms with Crippen molar-refractivity contribution in [1.82, 2.24) is 0 Å². The average molecular weight is 655 g/mol. The minimum atomic E-state index is -4.99. The third kappa shape index (κ3) is 8.26. The molecule has 12 heteroatoms. The molecule has 4 aromatic rings. The molecule has 0 unspecified atom stereocenters. The molecule has 0 bridgehead atoms. The molecule has 1 amide bonds. The Morgan fingerprint density at radius 3 is 2.15 bits per heavy atom. The fourth-order valence-electron chi connectivity index (χ4n) is 4.93. The second-order valence-corrected chi connectivity index (χ2v) is 10.7. The maximum absolute atomic E-state index is 13.3. The Morgan fingerprint density at radius 2 is 1.51 bits per heavy atom. The van der Waals surface area contributed by atoms with Crippen molar-refractivity contribution in [2.24, 2.45) is 0 Å². The Kier molecular flexibility index (Phi) is 9.23. The first-order chi connectivity index (χ1) is 22.2. The molecular weight excluding hydrogens is 629 g/mol. The normalized spacial score (nSPS) is 14.4. The molecule has 47 heavy (non-hydrogen) atoms. The van der Waals surface area contributed by atoms with Crippen molar-refractivity contribution in [1.29, 1.82) is 0 Å². The first-order valence-corrected chi connectivity index (χ1v) is 14.1. The number of ether oxygens (including phenoxy) is 1. The molecule has 0 radical (unpaired) electrons. The number of alkyl halides is 6. The fourth-order valence-corrected chi connectivity index (χ4v) is 4.93. The summed E-state index contributed by atoms with van der Waals surface area (Å²) < 4.78 is 98.6. The summed E-state index contributed by atoms with van der Waals surface area (Å²) in [4.78, 5) is 25.3. The van der Waals surface area contributed by atoms with E-state index >= 15 is 0 Å². The molecule has 0 fully saturated rings. The number of benzene rings is 4. The van der Waals surface area contributed by atoms with Gasteiger partial charge in [0.25, 0.3) is 0 Å². The number of fused-ring (bicyclic) bond motifs is 1. The predicted octanol–water partition coefficient (Wildman–Crippen LogP) is 8.89. The second-order valence-electron chi connectivity index (χ2n) is 10.7. The summed E-state index contributed by atoms with van der Waals surface area (Å²) in [5.74, 6) is -0.977. The number of amides is 1. The molecule has 0 heterocycles. The Morgan fingerprint density at radius 1 is 0.830 bits per heavy atom. The highest BCUT2D eigenvalue weighted by atomic mass is 19.4. The van der Waals surface area contributed by atoms with Crippen LogP contribution in [0.2, 0.25) is 0 Å². The van der Waals surface area contributed by atoms with Crippen LogP contribution in [0.5, 0.6) is 5.75 Å². The molecule has 242 valence electrons. The van der Waals surface area contributed by atoms with Crippen molar-refractivity contribution in [3.05, 3.63) is 135 Å². The van der Waals surface area contributed by atoms with E-state index in [-0.39, 0.29) is 41.6 Å². The standard InChI is InChI=1S/C35H25F7N2O3/c36-27-8-11-31(30(43)18-27)44-32(45)12-5-20-1-3-21(4-2-20)19-47-28-9-10-29-23(16-28)6-7-24(33(29)46)13-22-14-25(34(37,38)39)17-26(15-22)35(40,41)42/h1-5,8-18H,6-7,19,43H2,(H,44,45)/b12-5+,24-13+. The van der Waals surface area contributed by atoms with Gasteiger partial charge in [-0.1, -0.05) is 24.3 Å². The topological polar surface area (TPSA) is 81.4 Å². The van der Waals surface area contributed by atoms with E-state index in [0.717, 1.165) is 23.3 Å². The van der Waals surface area contributed by atoms with Crippen LogP contribution in [-0.4, -0.2) is 11.7 Å². The number of nitrogens with one attached hydrogen (secondary N) is 1. The van der Waals surface area contributed by atoms with Gasteiger partial charge in [-0.2, -0.15) is 26.3 Å². The highest BCUT2D eigenvalue weighted by Gasteiger charge is 2.37. The third-order valence-electron chi connectivity index (χ3n) is 7.31. The van der Waals surface area contributed by atoms with Crippen molar-refractivity contribution < 1.29 is 45.1 Å². The summed E-state index contributed by atoms with van der Waals surface area (Å²) in [6.07, 6.45) is -5.56. The van der Waals surface area contributed by atoms with Gasteiger partial charge < -0.3 is 15.8 Å². The van der Waals surface area contributed by atoms with Gasteiger partial charge in [-0.05, 0) is 102 Å². The Bertz CT molecular complexity index is 1860. The smallest absolute Gasteiger partial charge is 0.416 e. The first kappa shape index (κ1) is 33.0. The summed E-state index contributed by atoms with van der Waals surface area (Å²) in [5.41, 5.74) is 5.40. The molecule has 0 aliphatic heterocycles. The Hall–Kier alpha value is -5.39. The van der Waals surface area contributed by atoms with Gasteiger partial charge in [-0.3, -0.25) is 9.59 Å². The number of ketones is 1. The van der Waals surface area contributed by atoms with Crippen molar-refractivity contribution in [2.45, 2.75) is 31.8 Å². The number of hydrogen-bond acceptors (Lipinski definition) is 4. The lowest BCUT2D eigenvalue weighted by molar-refractivity contribution is -0.143. The van der Waals surface area contributed by atoms with Gasteiger partial charge in [0.05, 0.1) is 22.5 Å². The molecular formula is C35H25F7N2O3. The number of nitrogens with two attached hydrogens (primary N) is 1. The van der Waals surface area contributed by atoms with E-state index in [2.05, 4.69) is 5.32 Å². The number of hydrogen-bond donors (Lipinski definition) is 2. The third-order valence-corrected chi connectivity index (χ3v) is 7.31. The number of allylic oxidation sites excluding steroid dienone is 1. The maximum Gasteiger partial charge on any atom is 0.416 e. The molecule has 0 atom stereocenters. The lowest BCUT2D eigenvalue weighted by atomic mass is 9.85. The number of rotatable bonds is 7. The first-order valence-electron chi connectivity index (χ1n) is 14.1. The van der Waals surface area contributed by atoms with E-state index in [4.69, 9.17) is 10.5 Å². The highest BCUT2D eigenvalue weighted by Crippen LogP contribution is 2.37. The fraction of sp³-hybridized carbons (Fsp3) is 0.143. The van der Waals surface area contributed by atoms with E-state index < -0.39 is 41.0 Å². The monoisotopic (exact) mass is 654 g/mol. The number of carbonyl (C=O) groups excluding carboxylic acids is 2. The maximum atomic E-state index is 13.3.